The molecule has 3 aromatic carbocycles. The van der Waals surface area contributed by atoms with E-state index >= 15 is 0 Å². The van der Waals surface area contributed by atoms with E-state index in [9.17, 15) is 14.0 Å². The number of hydrogen-bond acceptors (Lipinski definition) is 7. The number of carbonyl (C=O) groups excluding carboxylic acids is 1. The van der Waals surface area contributed by atoms with Gasteiger partial charge in [-0.25, -0.2) is 14.4 Å². The molecule has 0 N–H and O–H groups in total. The average molecular weight is 652 g/mol. The van der Waals surface area contributed by atoms with Gasteiger partial charge in [-0.1, -0.05) is 52.0 Å². The molecule has 1 amide bonds. The van der Waals surface area contributed by atoms with E-state index in [-0.39, 0.29) is 23.3 Å². The maximum absolute atomic E-state index is 13.8. The van der Waals surface area contributed by atoms with E-state index in [2.05, 4.69) is 15.9 Å². The number of rotatable bonds is 7. The predicted molar refractivity (Wildman–Crippen MR) is 163 cm³/mol. The molecule has 2 aliphatic heterocycles. The Kier molecular flexibility index (Phi) is 8.01. The van der Waals surface area contributed by atoms with Gasteiger partial charge in [0.15, 0.2) is 5.16 Å². The van der Waals surface area contributed by atoms with Gasteiger partial charge < -0.3 is 4.74 Å². The molecule has 0 spiro atoms. The molecular weight excluding hydrogens is 627 g/mol. The standard InChI is InChI=1S/C30H24BrFN4O3S2/c1-39-23-12-4-19(5-13-23)26-16-25(18-2-6-20(31)7-3-18)34-36(26)27(37)17-41-30-33-24-14-15-40-28(24)29(38)35(30)22-10-8-21(32)9-11-22/h2-13,26H,14-17H2,1H3. The van der Waals surface area contributed by atoms with Crippen molar-refractivity contribution in [2.75, 3.05) is 18.6 Å². The zero-order valence-electron chi connectivity index (χ0n) is 21.9. The van der Waals surface area contributed by atoms with Crippen LogP contribution in [0.2, 0.25) is 0 Å². The molecule has 0 bridgehead atoms. The van der Waals surface area contributed by atoms with E-state index in [4.69, 9.17) is 14.8 Å². The van der Waals surface area contributed by atoms with Crippen molar-refractivity contribution in [3.8, 4) is 11.4 Å². The highest BCUT2D eigenvalue weighted by atomic mass is 79.9. The van der Waals surface area contributed by atoms with Crippen LogP contribution < -0.4 is 10.3 Å². The maximum atomic E-state index is 13.8. The topological polar surface area (TPSA) is 76.8 Å². The third kappa shape index (κ3) is 5.71. The SMILES string of the molecule is COc1ccc(C2CC(c3ccc(Br)cc3)=NN2C(=O)CSc2nc3c(c(=O)n2-c2ccc(F)cc2)SCC3)cc1. The van der Waals surface area contributed by atoms with Crippen molar-refractivity contribution < 1.29 is 13.9 Å². The van der Waals surface area contributed by atoms with Crippen molar-refractivity contribution >= 4 is 51.1 Å². The summed E-state index contributed by atoms with van der Waals surface area (Å²) >= 11 is 6.14. The van der Waals surface area contributed by atoms with Crippen LogP contribution in [0.3, 0.4) is 0 Å². The first-order valence-electron chi connectivity index (χ1n) is 12.9. The molecule has 7 nitrogen and oxygen atoms in total. The normalized spacial score (nSPS) is 16.0. The lowest BCUT2D eigenvalue weighted by atomic mass is 9.98. The summed E-state index contributed by atoms with van der Waals surface area (Å²) in [7, 11) is 1.61. The van der Waals surface area contributed by atoms with E-state index in [0.717, 1.165) is 38.5 Å². The molecule has 1 atom stereocenters. The van der Waals surface area contributed by atoms with Crippen LogP contribution in [0.4, 0.5) is 4.39 Å². The van der Waals surface area contributed by atoms with E-state index in [1.807, 2.05) is 48.5 Å². The predicted octanol–water partition coefficient (Wildman–Crippen LogP) is 6.26. The highest BCUT2D eigenvalue weighted by molar-refractivity contribution is 9.10. The first-order chi connectivity index (χ1) is 19.9. The number of aryl methyl sites for hydroxylation is 1. The van der Waals surface area contributed by atoms with Gasteiger partial charge in [0.05, 0.1) is 40.9 Å². The number of fused-ring (bicyclic) bond motifs is 1. The smallest absolute Gasteiger partial charge is 0.272 e. The summed E-state index contributed by atoms with van der Waals surface area (Å²) in [6.07, 6.45) is 1.24. The lowest BCUT2D eigenvalue weighted by Gasteiger charge is -2.22. The second-order valence-electron chi connectivity index (χ2n) is 9.46. The van der Waals surface area contributed by atoms with E-state index in [1.165, 1.54) is 45.2 Å². The largest absolute Gasteiger partial charge is 0.497 e. The van der Waals surface area contributed by atoms with Gasteiger partial charge in [-0.3, -0.25) is 14.2 Å². The molecule has 1 unspecified atom stereocenters. The van der Waals surface area contributed by atoms with Gasteiger partial charge in [-0.15, -0.1) is 11.8 Å². The van der Waals surface area contributed by atoms with E-state index in [1.54, 1.807) is 19.2 Å². The Balaban J connectivity index is 1.31. The Hall–Kier alpha value is -3.41. The van der Waals surface area contributed by atoms with Crippen molar-refractivity contribution in [2.24, 2.45) is 5.10 Å². The number of aromatic nitrogens is 2. The molecule has 2 aliphatic rings. The molecule has 6 rings (SSSR count). The molecule has 11 heteroatoms. The minimum atomic E-state index is -0.396. The summed E-state index contributed by atoms with van der Waals surface area (Å²) in [4.78, 5) is 32.6. The first kappa shape index (κ1) is 27.7. The summed E-state index contributed by atoms with van der Waals surface area (Å²) in [5.41, 5.74) is 3.73. The third-order valence-corrected chi connectivity index (χ3v) is 9.48. The van der Waals surface area contributed by atoms with Crippen molar-refractivity contribution in [2.45, 2.75) is 28.9 Å². The van der Waals surface area contributed by atoms with Gasteiger partial charge in [0.2, 0.25) is 0 Å². The van der Waals surface area contributed by atoms with Gasteiger partial charge in [-0.2, -0.15) is 5.10 Å². The minimum Gasteiger partial charge on any atom is -0.497 e. The van der Waals surface area contributed by atoms with Crippen LogP contribution in [-0.4, -0.2) is 44.8 Å². The Morgan fingerprint density at radius 2 is 1.83 bits per heavy atom. The number of methoxy groups -OCH3 is 1. The first-order valence-corrected chi connectivity index (χ1v) is 15.6. The highest BCUT2D eigenvalue weighted by Gasteiger charge is 2.33. The van der Waals surface area contributed by atoms with Gasteiger partial charge >= 0.3 is 0 Å². The van der Waals surface area contributed by atoms with Crippen LogP contribution in [0.1, 0.15) is 29.3 Å². The molecule has 0 aliphatic carbocycles. The lowest BCUT2D eigenvalue weighted by molar-refractivity contribution is -0.130. The summed E-state index contributed by atoms with van der Waals surface area (Å²) < 4.78 is 21.4. The van der Waals surface area contributed by atoms with Crippen LogP contribution in [-0.2, 0) is 11.2 Å². The maximum Gasteiger partial charge on any atom is 0.272 e. The molecule has 41 heavy (non-hydrogen) atoms. The number of benzene rings is 3. The zero-order valence-corrected chi connectivity index (χ0v) is 25.1. The second-order valence-corrected chi connectivity index (χ2v) is 12.4. The number of ether oxygens (including phenoxy) is 1. The van der Waals surface area contributed by atoms with Crippen LogP contribution in [0.15, 0.2) is 97.2 Å². The fourth-order valence-corrected chi connectivity index (χ4v) is 7.01. The number of hydrazone groups is 1. The van der Waals surface area contributed by atoms with Crippen molar-refractivity contribution in [1.82, 2.24) is 14.6 Å². The van der Waals surface area contributed by atoms with Gasteiger partial charge in [-0.05, 0) is 59.7 Å². The number of thioether (sulfide) groups is 2. The summed E-state index contributed by atoms with van der Waals surface area (Å²) in [6, 6.07) is 20.9. The fraction of sp³-hybridized carbons (Fsp3) is 0.200. The third-order valence-electron chi connectivity index (χ3n) is 6.92. The van der Waals surface area contributed by atoms with Gasteiger partial charge in [0.1, 0.15) is 11.6 Å². The number of halogens is 2. The van der Waals surface area contributed by atoms with Crippen molar-refractivity contribution in [1.29, 1.82) is 0 Å². The molecule has 0 radical (unpaired) electrons. The van der Waals surface area contributed by atoms with Crippen molar-refractivity contribution in [3.63, 3.8) is 0 Å². The number of nitrogens with zero attached hydrogens (tertiary/aromatic N) is 4. The number of carbonyl (C=O) groups is 1. The van der Waals surface area contributed by atoms with E-state index < -0.39 is 5.82 Å². The van der Waals surface area contributed by atoms with Crippen LogP contribution in [0, 0.1) is 5.82 Å². The van der Waals surface area contributed by atoms with Gasteiger partial charge in [0.25, 0.3) is 11.5 Å². The Morgan fingerprint density at radius 1 is 1.10 bits per heavy atom. The van der Waals surface area contributed by atoms with E-state index in [0.29, 0.717) is 28.6 Å². The molecule has 0 fully saturated rings. The molecule has 3 heterocycles. The average Bonchev–Trinajstić information content (AvgIpc) is 3.65. The Morgan fingerprint density at radius 3 is 2.54 bits per heavy atom. The lowest BCUT2D eigenvalue weighted by Crippen LogP contribution is -2.29. The summed E-state index contributed by atoms with van der Waals surface area (Å²) in [5.74, 6) is 0.918. The van der Waals surface area contributed by atoms with Crippen molar-refractivity contribution in [3.05, 3.63) is 110 Å². The second kappa shape index (κ2) is 11.8. The molecular formula is C30H24BrFN4O3S2. The summed E-state index contributed by atoms with van der Waals surface area (Å²) in [6.45, 7) is 0. The van der Waals surface area contributed by atoms with Crippen LogP contribution >= 0.6 is 39.5 Å². The molecule has 0 saturated heterocycles. The Bertz CT molecular complexity index is 1690. The zero-order chi connectivity index (χ0) is 28.5. The number of amides is 1. The Labute approximate surface area is 253 Å². The van der Waals surface area contributed by atoms with Crippen LogP contribution in [0.5, 0.6) is 5.75 Å². The van der Waals surface area contributed by atoms with Gasteiger partial charge in [0, 0.05) is 23.1 Å². The quantitative estimate of drug-likeness (QED) is 0.174. The summed E-state index contributed by atoms with van der Waals surface area (Å²) in [5, 5.41) is 6.71. The molecule has 208 valence electrons. The monoisotopic (exact) mass is 650 g/mol. The minimum absolute atomic E-state index is 0.0172. The fourth-order valence-electron chi connectivity index (χ4n) is 4.84. The van der Waals surface area contributed by atoms with Crippen LogP contribution in [0.25, 0.3) is 5.69 Å². The molecule has 0 saturated carbocycles. The number of hydrogen-bond donors (Lipinski definition) is 0. The highest BCUT2D eigenvalue weighted by Crippen LogP contribution is 2.35. The molecule has 1 aromatic heterocycles. The molecule has 4 aromatic rings.